The number of fused-ring (bicyclic) bond motifs is 1. The van der Waals surface area contributed by atoms with Gasteiger partial charge >= 0.3 is 0 Å². The van der Waals surface area contributed by atoms with Gasteiger partial charge in [0.25, 0.3) is 0 Å². The maximum Gasteiger partial charge on any atom is 0.224 e. The molecule has 0 unspecified atom stereocenters. The number of nitriles is 1. The van der Waals surface area contributed by atoms with Gasteiger partial charge in [-0.2, -0.15) is 10.2 Å². The summed E-state index contributed by atoms with van der Waals surface area (Å²) in [5, 5.41) is 12.7. The molecule has 1 aromatic carbocycles. The van der Waals surface area contributed by atoms with Crippen molar-refractivity contribution in [1.82, 2.24) is 19.5 Å². The molecule has 31 heavy (non-hydrogen) atoms. The molecule has 0 saturated carbocycles. The van der Waals surface area contributed by atoms with Crippen LogP contribution in [0.1, 0.15) is 18.5 Å². The number of aromatic nitrogens is 4. The Morgan fingerprint density at radius 1 is 1.06 bits per heavy atom. The van der Waals surface area contributed by atoms with E-state index in [2.05, 4.69) is 21.4 Å². The first-order chi connectivity index (χ1) is 15.3. The van der Waals surface area contributed by atoms with Crippen molar-refractivity contribution in [2.24, 2.45) is 0 Å². The second kappa shape index (κ2) is 8.62. The second-order valence-corrected chi connectivity index (χ2v) is 7.37. The summed E-state index contributed by atoms with van der Waals surface area (Å²) in [6.45, 7) is 2.52. The Bertz CT molecular complexity index is 1120. The van der Waals surface area contributed by atoms with Crippen molar-refractivity contribution in [1.29, 1.82) is 5.26 Å². The molecular weight excluding hydrogens is 396 g/mol. The van der Waals surface area contributed by atoms with E-state index >= 15 is 0 Å². The van der Waals surface area contributed by atoms with Gasteiger partial charge < -0.3 is 19.5 Å². The fraction of sp³-hybridized carbons (Fsp3) is 0.364. The summed E-state index contributed by atoms with van der Waals surface area (Å²) >= 11 is 0. The molecule has 0 atom stereocenters. The van der Waals surface area contributed by atoms with Gasteiger partial charge in [0.15, 0.2) is 11.5 Å². The Morgan fingerprint density at radius 2 is 1.90 bits per heavy atom. The molecule has 2 aromatic heterocycles. The summed E-state index contributed by atoms with van der Waals surface area (Å²) in [5.74, 6) is 3.28. The summed E-state index contributed by atoms with van der Waals surface area (Å²) in [6, 6.07) is 10.0. The van der Waals surface area contributed by atoms with Crippen molar-refractivity contribution in [3.8, 4) is 34.8 Å². The molecule has 1 saturated heterocycles. The summed E-state index contributed by atoms with van der Waals surface area (Å²) in [4.78, 5) is 13.7. The summed E-state index contributed by atoms with van der Waals surface area (Å²) in [6.07, 6.45) is 5.47. The normalized spacial score (nSPS) is 16.0. The smallest absolute Gasteiger partial charge is 0.224 e. The van der Waals surface area contributed by atoms with Crippen molar-refractivity contribution < 1.29 is 14.2 Å². The highest BCUT2D eigenvalue weighted by Crippen LogP contribution is 2.35. The predicted octanol–water partition coefficient (Wildman–Crippen LogP) is 2.76. The zero-order valence-electron chi connectivity index (χ0n) is 17.0. The molecule has 2 aliphatic rings. The highest BCUT2D eigenvalue weighted by molar-refractivity contribution is 5.64. The van der Waals surface area contributed by atoms with Crippen molar-refractivity contribution >= 4 is 5.95 Å². The highest BCUT2D eigenvalue weighted by Gasteiger charge is 2.20. The standard InChI is InChI=1S/C22H22N6O3/c23-7-3-17-14-25-21(15-1-2-18-19(13-15)31-12-11-30-18)28(17)20-4-8-24-22(27-20)26-16-5-9-29-10-6-16/h1-2,4,8,13-14,16H,3,5-6,9-12H2,(H,24,26,27). The molecule has 0 spiro atoms. The fourth-order valence-electron chi connectivity index (χ4n) is 3.80. The summed E-state index contributed by atoms with van der Waals surface area (Å²) < 4.78 is 18.7. The van der Waals surface area contributed by atoms with Gasteiger partial charge in [0.1, 0.15) is 24.9 Å². The number of benzene rings is 1. The van der Waals surface area contributed by atoms with Crippen LogP contribution in [0.15, 0.2) is 36.7 Å². The Labute approximate surface area is 179 Å². The number of ether oxygens (including phenoxy) is 3. The number of anilines is 1. The maximum absolute atomic E-state index is 9.32. The first-order valence-electron chi connectivity index (χ1n) is 10.3. The number of nitrogens with one attached hydrogen (secondary N) is 1. The molecule has 4 heterocycles. The van der Waals surface area contributed by atoms with Crippen LogP contribution in [0.5, 0.6) is 11.5 Å². The van der Waals surface area contributed by atoms with Gasteiger partial charge in [-0.1, -0.05) is 0 Å². The lowest BCUT2D eigenvalue weighted by Gasteiger charge is -2.23. The zero-order valence-corrected chi connectivity index (χ0v) is 17.0. The monoisotopic (exact) mass is 418 g/mol. The Kier molecular flexibility index (Phi) is 5.37. The van der Waals surface area contributed by atoms with E-state index in [-0.39, 0.29) is 12.5 Å². The molecule has 9 nitrogen and oxygen atoms in total. The zero-order chi connectivity index (χ0) is 21.0. The number of hydrogen-bond donors (Lipinski definition) is 1. The van der Waals surface area contributed by atoms with E-state index < -0.39 is 0 Å². The minimum absolute atomic E-state index is 0.213. The molecule has 5 rings (SSSR count). The average molecular weight is 418 g/mol. The third kappa shape index (κ3) is 4.02. The van der Waals surface area contributed by atoms with Crippen molar-refractivity contribution in [3.63, 3.8) is 0 Å². The minimum Gasteiger partial charge on any atom is -0.486 e. The molecule has 2 aliphatic heterocycles. The van der Waals surface area contributed by atoms with Gasteiger partial charge in [-0.25, -0.2) is 9.97 Å². The van der Waals surface area contributed by atoms with Gasteiger partial charge in [0.2, 0.25) is 5.95 Å². The predicted molar refractivity (Wildman–Crippen MR) is 112 cm³/mol. The average Bonchev–Trinajstić information content (AvgIpc) is 3.23. The first kappa shape index (κ1) is 19.3. The quantitative estimate of drug-likeness (QED) is 0.674. The second-order valence-electron chi connectivity index (χ2n) is 7.37. The van der Waals surface area contributed by atoms with E-state index in [0.29, 0.717) is 36.6 Å². The molecule has 0 aliphatic carbocycles. The van der Waals surface area contributed by atoms with E-state index in [1.165, 1.54) is 0 Å². The molecule has 1 fully saturated rings. The molecule has 1 N–H and O–H groups in total. The van der Waals surface area contributed by atoms with Crippen LogP contribution in [-0.2, 0) is 11.2 Å². The van der Waals surface area contributed by atoms with Gasteiger partial charge in [-0.05, 0) is 37.1 Å². The van der Waals surface area contributed by atoms with Crippen LogP contribution in [-0.4, -0.2) is 52.0 Å². The summed E-state index contributed by atoms with van der Waals surface area (Å²) in [5.41, 5.74) is 1.61. The summed E-state index contributed by atoms with van der Waals surface area (Å²) in [7, 11) is 0. The minimum atomic E-state index is 0.213. The van der Waals surface area contributed by atoms with Crippen LogP contribution >= 0.6 is 0 Å². The van der Waals surface area contributed by atoms with Crippen molar-refractivity contribution in [2.45, 2.75) is 25.3 Å². The lowest BCUT2D eigenvalue weighted by atomic mass is 10.1. The highest BCUT2D eigenvalue weighted by atomic mass is 16.6. The lowest BCUT2D eigenvalue weighted by Crippen LogP contribution is -2.28. The van der Waals surface area contributed by atoms with E-state index in [0.717, 1.165) is 43.1 Å². The number of rotatable bonds is 5. The Balaban J connectivity index is 1.52. The molecule has 158 valence electrons. The SMILES string of the molecule is N#CCc1cnc(-c2ccc3c(c2)OCCO3)n1-c1ccnc(NC2CCOCC2)n1. The van der Waals surface area contributed by atoms with E-state index in [1.807, 2.05) is 28.8 Å². The Hall–Kier alpha value is -3.64. The van der Waals surface area contributed by atoms with Crippen LogP contribution in [0.2, 0.25) is 0 Å². The molecule has 0 amide bonds. The molecule has 9 heteroatoms. The molecule has 0 bridgehead atoms. The van der Waals surface area contributed by atoms with Crippen molar-refractivity contribution in [2.75, 3.05) is 31.7 Å². The van der Waals surface area contributed by atoms with Gasteiger partial charge in [0, 0.05) is 31.0 Å². The lowest BCUT2D eigenvalue weighted by molar-refractivity contribution is 0.0903. The van der Waals surface area contributed by atoms with Gasteiger partial charge in [0.05, 0.1) is 24.4 Å². The molecular formula is C22H22N6O3. The van der Waals surface area contributed by atoms with Crippen molar-refractivity contribution in [3.05, 3.63) is 42.4 Å². The number of nitrogens with zero attached hydrogens (tertiary/aromatic N) is 5. The van der Waals surface area contributed by atoms with Crippen LogP contribution < -0.4 is 14.8 Å². The molecule has 0 radical (unpaired) electrons. The van der Waals surface area contributed by atoms with Crippen LogP contribution in [0, 0.1) is 11.3 Å². The Morgan fingerprint density at radius 3 is 2.74 bits per heavy atom. The van der Waals surface area contributed by atoms with Gasteiger partial charge in [-0.15, -0.1) is 0 Å². The number of imidazole rings is 1. The molecule has 3 aromatic rings. The van der Waals surface area contributed by atoms with E-state index in [1.54, 1.807) is 12.4 Å². The van der Waals surface area contributed by atoms with Crippen LogP contribution in [0.3, 0.4) is 0 Å². The fourth-order valence-corrected chi connectivity index (χ4v) is 3.80. The van der Waals surface area contributed by atoms with Crippen LogP contribution in [0.4, 0.5) is 5.95 Å². The van der Waals surface area contributed by atoms with E-state index in [9.17, 15) is 5.26 Å². The third-order valence-corrected chi connectivity index (χ3v) is 5.32. The van der Waals surface area contributed by atoms with Crippen LogP contribution in [0.25, 0.3) is 17.2 Å². The first-order valence-corrected chi connectivity index (χ1v) is 10.3. The maximum atomic E-state index is 9.32. The number of hydrogen-bond acceptors (Lipinski definition) is 8. The largest absolute Gasteiger partial charge is 0.486 e. The van der Waals surface area contributed by atoms with E-state index in [4.69, 9.17) is 19.2 Å². The topological polar surface area (TPSA) is 107 Å². The van der Waals surface area contributed by atoms with Gasteiger partial charge in [-0.3, -0.25) is 4.57 Å². The third-order valence-electron chi connectivity index (χ3n) is 5.32.